The molecular formula is C13H8BrNO2S. The Kier molecular flexibility index (Phi) is 2.72. The molecule has 90 valence electrons. The van der Waals surface area contributed by atoms with Crippen LogP contribution in [0.25, 0.3) is 20.8 Å². The van der Waals surface area contributed by atoms with Gasteiger partial charge in [0.15, 0.2) is 0 Å². The van der Waals surface area contributed by atoms with Crippen molar-refractivity contribution in [3.8, 4) is 22.1 Å². The molecule has 1 aromatic heterocycles. The molecule has 3 nitrogen and oxygen atoms in total. The average Bonchev–Trinajstić information content (AvgIpc) is 2.74. The van der Waals surface area contributed by atoms with Gasteiger partial charge in [0.05, 0.1) is 15.8 Å². The lowest BCUT2D eigenvalue weighted by molar-refractivity contribution is 0.462. The maximum Gasteiger partial charge on any atom is 0.128 e. The molecule has 0 atom stereocenters. The standard InChI is InChI=1S/C13H8BrNO2S/c14-7-1-4-12-10(5-7)15-13(18-12)9-6-8(16)2-3-11(9)17/h1-6,16-17H. The lowest BCUT2D eigenvalue weighted by Gasteiger charge is -2.00. The first-order valence-corrected chi connectivity index (χ1v) is 6.83. The Balaban J connectivity index is 2.22. The molecule has 0 fully saturated rings. The van der Waals surface area contributed by atoms with Crippen molar-refractivity contribution in [2.45, 2.75) is 0 Å². The Morgan fingerprint density at radius 2 is 1.89 bits per heavy atom. The van der Waals surface area contributed by atoms with Gasteiger partial charge in [0.25, 0.3) is 0 Å². The van der Waals surface area contributed by atoms with Gasteiger partial charge in [-0.1, -0.05) is 15.9 Å². The van der Waals surface area contributed by atoms with Gasteiger partial charge in [0.2, 0.25) is 0 Å². The van der Waals surface area contributed by atoms with Gasteiger partial charge in [0, 0.05) is 4.47 Å². The van der Waals surface area contributed by atoms with Crippen molar-refractivity contribution in [3.63, 3.8) is 0 Å². The van der Waals surface area contributed by atoms with Gasteiger partial charge in [-0.3, -0.25) is 0 Å². The molecule has 0 spiro atoms. The highest BCUT2D eigenvalue weighted by Gasteiger charge is 2.11. The smallest absolute Gasteiger partial charge is 0.128 e. The second-order valence-corrected chi connectivity index (χ2v) is 5.78. The first-order chi connectivity index (χ1) is 8.63. The van der Waals surface area contributed by atoms with Gasteiger partial charge in [0.1, 0.15) is 16.5 Å². The zero-order valence-corrected chi connectivity index (χ0v) is 11.5. The van der Waals surface area contributed by atoms with E-state index in [1.165, 1.54) is 29.5 Å². The summed E-state index contributed by atoms with van der Waals surface area (Å²) in [4.78, 5) is 4.46. The van der Waals surface area contributed by atoms with Crippen LogP contribution in [0.4, 0.5) is 0 Å². The van der Waals surface area contributed by atoms with Crippen molar-refractivity contribution in [3.05, 3.63) is 40.9 Å². The van der Waals surface area contributed by atoms with Gasteiger partial charge < -0.3 is 10.2 Å². The number of phenolic OH excluding ortho intramolecular Hbond substituents is 2. The molecule has 0 saturated heterocycles. The van der Waals surface area contributed by atoms with Crippen LogP contribution < -0.4 is 0 Å². The average molecular weight is 322 g/mol. The third kappa shape index (κ3) is 1.95. The second-order valence-electron chi connectivity index (χ2n) is 3.83. The Labute approximate surface area is 115 Å². The molecule has 5 heteroatoms. The molecule has 3 rings (SSSR count). The topological polar surface area (TPSA) is 53.4 Å². The summed E-state index contributed by atoms with van der Waals surface area (Å²) in [7, 11) is 0. The van der Waals surface area contributed by atoms with E-state index in [1.54, 1.807) is 0 Å². The number of nitrogens with zero attached hydrogens (tertiary/aromatic N) is 1. The highest BCUT2D eigenvalue weighted by atomic mass is 79.9. The first kappa shape index (κ1) is 11.5. The molecule has 18 heavy (non-hydrogen) atoms. The zero-order valence-electron chi connectivity index (χ0n) is 9.09. The summed E-state index contributed by atoms with van der Waals surface area (Å²) < 4.78 is 2.00. The molecule has 0 aliphatic carbocycles. The van der Waals surface area contributed by atoms with E-state index < -0.39 is 0 Å². The molecule has 2 aromatic carbocycles. The van der Waals surface area contributed by atoms with Crippen LogP contribution in [-0.2, 0) is 0 Å². The molecule has 0 radical (unpaired) electrons. The second kappa shape index (κ2) is 4.26. The minimum Gasteiger partial charge on any atom is -0.508 e. The number of aromatic hydroxyl groups is 2. The summed E-state index contributed by atoms with van der Waals surface area (Å²) in [6.07, 6.45) is 0. The van der Waals surface area contributed by atoms with E-state index in [4.69, 9.17) is 0 Å². The summed E-state index contributed by atoms with van der Waals surface area (Å²) in [5, 5.41) is 20.0. The molecule has 0 aliphatic heterocycles. The summed E-state index contributed by atoms with van der Waals surface area (Å²) in [5.74, 6) is 0.231. The number of fused-ring (bicyclic) bond motifs is 1. The number of aromatic nitrogens is 1. The SMILES string of the molecule is Oc1ccc(O)c(-c2nc3cc(Br)ccc3s2)c1. The van der Waals surface area contributed by atoms with Gasteiger partial charge in [-0.25, -0.2) is 4.98 Å². The molecule has 0 saturated carbocycles. The van der Waals surface area contributed by atoms with Crippen LogP contribution in [0.15, 0.2) is 40.9 Å². The third-order valence-corrected chi connectivity index (χ3v) is 4.12. The number of phenols is 2. The molecule has 0 aliphatic rings. The lowest BCUT2D eigenvalue weighted by atomic mass is 10.2. The van der Waals surface area contributed by atoms with Crippen LogP contribution in [0.3, 0.4) is 0 Å². The normalized spacial score (nSPS) is 10.9. The maximum absolute atomic E-state index is 9.81. The monoisotopic (exact) mass is 321 g/mol. The fourth-order valence-electron chi connectivity index (χ4n) is 1.71. The van der Waals surface area contributed by atoms with Crippen molar-refractivity contribution in [2.75, 3.05) is 0 Å². The lowest BCUT2D eigenvalue weighted by Crippen LogP contribution is -1.77. The Hall–Kier alpha value is -1.59. The van der Waals surface area contributed by atoms with Gasteiger partial charge >= 0.3 is 0 Å². The minimum absolute atomic E-state index is 0.114. The van der Waals surface area contributed by atoms with Crippen LogP contribution in [0, 0.1) is 0 Å². The van der Waals surface area contributed by atoms with E-state index in [2.05, 4.69) is 20.9 Å². The van der Waals surface area contributed by atoms with Crippen molar-refractivity contribution < 1.29 is 10.2 Å². The van der Waals surface area contributed by atoms with Gasteiger partial charge in [-0.05, 0) is 36.4 Å². The molecule has 3 aromatic rings. The summed E-state index contributed by atoms with van der Waals surface area (Å²) in [6, 6.07) is 10.3. The first-order valence-electron chi connectivity index (χ1n) is 5.22. The quantitative estimate of drug-likeness (QED) is 0.662. The van der Waals surface area contributed by atoms with Crippen molar-refractivity contribution in [2.24, 2.45) is 0 Å². The fourth-order valence-corrected chi connectivity index (χ4v) is 3.03. The van der Waals surface area contributed by atoms with E-state index in [0.717, 1.165) is 14.7 Å². The van der Waals surface area contributed by atoms with E-state index in [-0.39, 0.29) is 11.5 Å². The summed E-state index contributed by atoms with van der Waals surface area (Å²) in [5.41, 5.74) is 1.42. The fraction of sp³-hybridized carbons (Fsp3) is 0. The molecule has 1 heterocycles. The van der Waals surface area contributed by atoms with Crippen molar-refractivity contribution in [1.29, 1.82) is 0 Å². The summed E-state index contributed by atoms with van der Waals surface area (Å²) in [6.45, 7) is 0. The number of thiazole rings is 1. The number of benzene rings is 2. The number of hydrogen-bond acceptors (Lipinski definition) is 4. The Morgan fingerprint density at radius 1 is 1.06 bits per heavy atom. The van der Waals surface area contributed by atoms with E-state index in [0.29, 0.717) is 10.6 Å². The summed E-state index contributed by atoms with van der Waals surface area (Å²) >= 11 is 4.88. The Morgan fingerprint density at radius 3 is 2.72 bits per heavy atom. The van der Waals surface area contributed by atoms with E-state index in [9.17, 15) is 10.2 Å². The van der Waals surface area contributed by atoms with Crippen LogP contribution in [0.1, 0.15) is 0 Å². The maximum atomic E-state index is 9.81. The van der Waals surface area contributed by atoms with Crippen molar-refractivity contribution >= 4 is 37.5 Å². The van der Waals surface area contributed by atoms with Crippen LogP contribution in [0.2, 0.25) is 0 Å². The molecule has 2 N–H and O–H groups in total. The molecular weight excluding hydrogens is 314 g/mol. The van der Waals surface area contributed by atoms with Crippen LogP contribution >= 0.6 is 27.3 Å². The number of hydrogen-bond donors (Lipinski definition) is 2. The Bertz CT molecular complexity index is 739. The highest BCUT2D eigenvalue weighted by Crippen LogP contribution is 2.37. The molecule has 0 bridgehead atoms. The van der Waals surface area contributed by atoms with Crippen LogP contribution in [0.5, 0.6) is 11.5 Å². The zero-order chi connectivity index (χ0) is 12.7. The molecule has 0 amide bonds. The number of halogens is 1. The minimum atomic E-state index is 0.114. The van der Waals surface area contributed by atoms with Gasteiger partial charge in [-0.15, -0.1) is 11.3 Å². The third-order valence-electron chi connectivity index (χ3n) is 2.56. The molecule has 0 unspecified atom stereocenters. The predicted molar refractivity (Wildman–Crippen MR) is 76.1 cm³/mol. The highest BCUT2D eigenvalue weighted by molar-refractivity contribution is 9.10. The van der Waals surface area contributed by atoms with Crippen molar-refractivity contribution in [1.82, 2.24) is 4.98 Å². The number of rotatable bonds is 1. The van der Waals surface area contributed by atoms with Gasteiger partial charge in [-0.2, -0.15) is 0 Å². The predicted octanol–water partition coefficient (Wildman–Crippen LogP) is 4.14. The largest absolute Gasteiger partial charge is 0.508 e. The van der Waals surface area contributed by atoms with Crippen LogP contribution in [-0.4, -0.2) is 15.2 Å². The van der Waals surface area contributed by atoms with E-state index >= 15 is 0 Å². The van der Waals surface area contributed by atoms with E-state index in [1.807, 2.05) is 18.2 Å².